The summed E-state index contributed by atoms with van der Waals surface area (Å²) in [7, 11) is 1.51. The largest absolute Gasteiger partial charge is 0.497 e. The fourth-order valence-corrected chi connectivity index (χ4v) is 1.85. The molecular formula is C15H14FNO3. The number of ether oxygens (including phenoxy) is 1. The lowest BCUT2D eigenvalue weighted by molar-refractivity contribution is -0.138. The van der Waals surface area contributed by atoms with Gasteiger partial charge in [-0.05, 0) is 35.9 Å². The van der Waals surface area contributed by atoms with E-state index in [1.54, 1.807) is 30.3 Å². The summed E-state index contributed by atoms with van der Waals surface area (Å²) in [4.78, 5) is 11.4. The molecule has 0 radical (unpaired) electrons. The van der Waals surface area contributed by atoms with Crippen molar-refractivity contribution in [1.29, 1.82) is 0 Å². The third-order valence-corrected chi connectivity index (χ3v) is 2.81. The molecule has 2 rings (SSSR count). The number of halogens is 1. The Kier molecular flexibility index (Phi) is 4.20. The fourth-order valence-electron chi connectivity index (χ4n) is 1.85. The molecule has 0 aliphatic rings. The minimum absolute atomic E-state index is 0.403. The molecule has 0 aliphatic heterocycles. The Hall–Kier alpha value is -2.56. The SMILES string of the molecule is COc1cccc(C(Nc2cccc(F)c2)C(=O)O)c1. The second-order valence-electron chi connectivity index (χ2n) is 4.20. The van der Waals surface area contributed by atoms with Crippen molar-refractivity contribution in [2.75, 3.05) is 12.4 Å². The number of rotatable bonds is 5. The maximum atomic E-state index is 13.1. The summed E-state index contributed by atoms with van der Waals surface area (Å²) in [6, 6.07) is 11.4. The van der Waals surface area contributed by atoms with Crippen molar-refractivity contribution in [2.24, 2.45) is 0 Å². The van der Waals surface area contributed by atoms with Gasteiger partial charge in [0.1, 0.15) is 11.6 Å². The predicted octanol–water partition coefficient (Wildman–Crippen LogP) is 3.07. The summed E-state index contributed by atoms with van der Waals surface area (Å²) >= 11 is 0. The van der Waals surface area contributed by atoms with Crippen molar-refractivity contribution in [3.8, 4) is 5.75 Å². The fraction of sp³-hybridized carbons (Fsp3) is 0.133. The predicted molar refractivity (Wildman–Crippen MR) is 73.4 cm³/mol. The summed E-state index contributed by atoms with van der Waals surface area (Å²) in [6.45, 7) is 0. The summed E-state index contributed by atoms with van der Waals surface area (Å²) in [5, 5.41) is 12.1. The summed E-state index contributed by atoms with van der Waals surface area (Å²) in [5.74, 6) is -0.915. The first-order chi connectivity index (χ1) is 9.60. The van der Waals surface area contributed by atoms with Gasteiger partial charge in [-0.15, -0.1) is 0 Å². The van der Waals surface area contributed by atoms with Gasteiger partial charge in [-0.2, -0.15) is 0 Å². The Bertz CT molecular complexity index is 616. The van der Waals surface area contributed by atoms with Crippen LogP contribution in [0.5, 0.6) is 5.75 Å². The third kappa shape index (κ3) is 3.26. The standard InChI is InChI=1S/C15H14FNO3/c1-20-13-7-2-4-10(8-13)14(15(18)19)17-12-6-3-5-11(16)9-12/h2-9,14,17H,1H3,(H,18,19). The van der Waals surface area contributed by atoms with Crippen LogP contribution in [0, 0.1) is 5.82 Å². The second-order valence-corrected chi connectivity index (χ2v) is 4.20. The van der Waals surface area contributed by atoms with Crippen LogP contribution in [0.3, 0.4) is 0 Å². The number of nitrogens with one attached hydrogen (secondary N) is 1. The highest BCUT2D eigenvalue weighted by atomic mass is 19.1. The molecule has 2 aromatic rings. The van der Waals surface area contributed by atoms with Gasteiger partial charge in [0, 0.05) is 5.69 Å². The highest BCUT2D eigenvalue weighted by molar-refractivity contribution is 5.79. The molecule has 20 heavy (non-hydrogen) atoms. The van der Waals surface area contributed by atoms with E-state index in [0.29, 0.717) is 17.0 Å². The Morgan fingerprint density at radius 1 is 1.25 bits per heavy atom. The zero-order chi connectivity index (χ0) is 14.5. The zero-order valence-corrected chi connectivity index (χ0v) is 10.8. The number of benzene rings is 2. The van der Waals surface area contributed by atoms with E-state index in [-0.39, 0.29) is 0 Å². The van der Waals surface area contributed by atoms with Crippen LogP contribution in [-0.2, 0) is 4.79 Å². The average molecular weight is 275 g/mol. The lowest BCUT2D eigenvalue weighted by Crippen LogP contribution is -2.20. The van der Waals surface area contributed by atoms with E-state index >= 15 is 0 Å². The van der Waals surface area contributed by atoms with Gasteiger partial charge < -0.3 is 15.2 Å². The van der Waals surface area contributed by atoms with E-state index in [1.165, 1.54) is 25.3 Å². The van der Waals surface area contributed by atoms with Crippen LogP contribution < -0.4 is 10.1 Å². The van der Waals surface area contributed by atoms with Crippen LogP contribution in [0.15, 0.2) is 48.5 Å². The molecular weight excluding hydrogens is 261 g/mol. The van der Waals surface area contributed by atoms with Crippen LogP contribution in [0.2, 0.25) is 0 Å². The van der Waals surface area contributed by atoms with E-state index in [9.17, 15) is 14.3 Å². The summed E-state index contributed by atoms with van der Waals surface area (Å²) in [6.07, 6.45) is 0. The van der Waals surface area contributed by atoms with Gasteiger partial charge in [0.2, 0.25) is 0 Å². The van der Waals surface area contributed by atoms with Crippen molar-refractivity contribution in [1.82, 2.24) is 0 Å². The number of hydrogen-bond acceptors (Lipinski definition) is 3. The average Bonchev–Trinajstić information content (AvgIpc) is 2.44. The van der Waals surface area contributed by atoms with Crippen molar-refractivity contribution in [2.45, 2.75) is 6.04 Å². The molecule has 0 bridgehead atoms. The first-order valence-electron chi connectivity index (χ1n) is 5.99. The number of hydrogen-bond donors (Lipinski definition) is 2. The Morgan fingerprint density at radius 2 is 2.00 bits per heavy atom. The normalized spacial score (nSPS) is 11.7. The van der Waals surface area contributed by atoms with Gasteiger partial charge in [-0.3, -0.25) is 0 Å². The molecule has 104 valence electrons. The Labute approximate surface area is 115 Å². The van der Waals surface area contributed by atoms with Gasteiger partial charge in [0.05, 0.1) is 7.11 Å². The molecule has 1 atom stereocenters. The van der Waals surface area contributed by atoms with E-state index in [0.717, 1.165) is 0 Å². The maximum absolute atomic E-state index is 13.1. The molecule has 1 unspecified atom stereocenters. The van der Waals surface area contributed by atoms with Crippen molar-refractivity contribution in [3.63, 3.8) is 0 Å². The van der Waals surface area contributed by atoms with Crippen molar-refractivity contribution >= 4 is 11.7 Å². The monoisotopic (exact) mass is 275 g/mol. The highest BCUT2D eigenvalue weighted by Gasteiger charge is 2.20. The van der Waals surface area contributed by atoms with Gasteiger partial charge in [0.25, 0.3) is 0 Å². The van der Waals surface area contributed by atoms with E-state index in [2.05, 4.69) is 5.32 Å². The van der Waals surface area contributed by atoms with Crippen molar-refractivity contribution in [3.05, 3.63) is 59.9 Å². The van der Waals surface area contributed by atoms with Crippen LogP contribution in [-0.4, -0.2) is 18.2 Å². The first-order valence-corrected chi connectivity index (χ1v) is 5.99. The van der Waals surface area contributed by atoms with Gasteiger partial charge >= 0.3 is 5.97 Å². The molecule has 0 heterocycles. The molecule has 0 aromatic heterocycles. The number of carbonyl (C=O) groups is 1. The maximum Gasteiger partial charge on any atom is 0.330 e. The molecule has 2 aromatic carbocycles. The van der Waals surface area contributed by atoms with E-state index in [1.807, 2.05) is 0 Å². The van der Waals surface area contributed by atoms with Crippen LogP contribution in [0.25, 0.3) is 0 Å². The molecule has 0 amide bonds. The number of carboxylic acids is 1. The van der Waals surface area contributed by atoms with E-state index in [4.69, 9.17) is 4.74 Å². The lowest BCUT2D eigenvalue weighted by Gasteiger charge is -2.17. The molecule has 4 nitrogen and oxygen atoms in total. The summed E-state index contributed by atoms with van der Waals surface area (Å²) < 4.78 is 18.2. The van der Waals surface area contributed by atoms with Crippen LogP contribution in [0.4, 0.5) is 10.1 Å². The minimum atomic E-state index is -1.05. The van der Waals surface area contributed by atoms with Crippen LogP contribution >= 0.6 is 0 Å². The van der Waals surface area contributed by atoms with E-state index < -0.39 is 17.8 Å². The van der Waals surface area contributed by atoms with Gasteiger partial charge in [-0.25, -0.2) is 9.18 Å². The first kappa shape index (κ1) is 13.9. The molecule has 0 aliphatic carbocycles. The van der Waals surface area contributed by atoms with Crippen LogP contribution in [0.1, 0.15) is 11.6 Å². The molecule has 0 saturated heterocycles. The quantitative estimate of drug-likeness (QED) is 0.880. The molecule has 2 N–H and O–H groups in total. The highest BCUT2D eigenvalue weighted by Crippen LogP contribution is 2.23. The van der Waals surface area contributed by atoms with Crippen molar-refractivity contribution < 1.29 is 19.0 Å². The Balaban J connectivity index is 2.29. The number of aliphatic carboxylic acids is 1. The second kappa shape index (κ2) is 6.06. The number of methoxy groups -OCH3 is 1. The zero-order valence-electron chi connectivity index (χ0n) is 10.8. The van der Waals surface area contributed by atoms with Gasteiger partial charge in [0.15, 0.2) is 6.04 Å². The molecule has 5 heteroatoms. The lowest BCUT2D eigenvalue weighted by atomic mass is 10.1. The topological polar surface area (TPSA) is 58.6 Å². The molecule has 0 saturated carbocycles. The number of anilines is 1. The van der Waals surface area contributed by atoms with Gasteiger partial charge in [-0.1, -0.05) is 18.2 Å². The smallest absolute Gasteiger partial charge is 0.330 e. The molecule has 0 fully saturated rings. The Morgan fingerprint density at radius 3 is 2.65 bits per heavy atom. The minimum Gasteiger partial charge on any atom is -0.497 e. The molecule has 0 spiro atoms. The number of carboxylic acid groups (broad SMARTS) is 1. The third-order valence-electron chi connectivity index (χ3n) is 2.81. The summed E-state index contributed by atoms with van der Waals surface area (Å²) in [5.41, 5.74) is 0.932.